The molecule has 2 aliphatic rings. The van der Waals surface area contributed by atoms with Gasteiger partial charge in [-0.25, -0.2) is 0 Å². The van der Waals surface area contributed by atoms with Gasteiger partial charge in [-0.1, -0.05) is 0 Å². The van der Waals surface area contributed by atoms with Gasteiger partial charge in [-0.3, -0.25) is 4.79 Å². The summed E-state index contributed by atoms with van der Waals surface area (Å²) in [5, 5.41) is 3.84. The summed E-state index contributed by atoms with van der Waals surface area (Å²) in [6.45, 7) is 2.31. The van der Waals surface area contributed by atoms with E-state index in [1.165, 1.54) is 32.6 Å². The van der Waals surface area contributed by atoms with E-state index in [1.54, 1.807) is 0 Å². The second-order valence-electron chi connectivity index (χ2n) is 6.73. The maximum absolute atomic E-state index is 11.2. The molecule has 4 heteroatoms. The fraction of sp³-hybridized carbons (Fsp3) is 0.500. The molecule has 1 aromatic heterocycles. The van der Waals surface area contributed by atoms with E-state index in [-0.39, 0.29) is 5.91 Å². The van der Waals surface area contributed by atoms with Gasteiger partial charge in [0.25, 0.3) is 0 Å². The van der Waals surface area contributed by atoms with E-state index in [0.29, 0.717) is 0 Å². The maximum atomic E-state index is 11.2. The SMILES string of the molecule is CC(=O)Nc1c[nH]c2ccc(OCCC3CC4CCC34)cc12. The summed E-state index contributed by atoms with van der Waals surface area (Å²) in [4.78, 5) is 14.4. The minimum absolute atomic E-state index is 0.0627. The summed E-state index contributed by atoms with van der Waals surface area (Å²) < 4.78 is 5.93. The van der Waals surface area contributed by atoms with Gasteiger partial charge < -0.3 is 15.0 Å². The molecule has 4 rings (SSSR count). The molecule has 2 fully saturated rings. The number of aromatic amines is 1. The average Bonchev–Trinajstić information content (AvgIpc) is 2.85. The lowest BCUT2D eigenvalue weighted by Crippen LogP contribution is -2.44. The third-order valence-corrected chi connectivity index (χ3v) is 5.41. The highest BCUT2D eigenvalue weighted by atomic mass is 16.5. The van der Waals surface area contributed by atoms with Gasteiger partial charge in [-0.05, 0) is 61.6 Å². The van der Waals surface area contributed by atoms with E-state index in [4.69, 9.17) is 4.74 Å². The smallest absolute Gasteiger partial charge is 0.221 e. The highest BCUT2D eigenvalue weighted by molar-refractivity contribution is 6.01. The molecule has 1 heterocycles. The van der Waals surface area contributed by atoms with Crippen molar-refractivity contribution < 1.29 is 9.53 Å². The van der Waals surface area contributed by atoms with E-state index in [1.807, 2.05) is 24.4 Å². The van der Waals surface area contributed by atoms with Crippen molar-refractivity contribution in [3.63, 3.8) is 0 Å². The van der Waals surface area contributed by atoms with Gasteiger partial charge in [0.2, 0.25) is 5.91 Å². The molecule has 0 spiro atoms. The van der Waals surface area contributed by atoms with Crippen molar-refractivity contribution in [1.82, 2.24) is 4.98 Å². The van der Waals surface area contributed by atoms with Crippen LogP contribution in [0.2, 0.25) is 0 Å². The Morgan fingerprint density at radius 2 is 2.32 bits per heavy atom. The molecule has 0 radical (unpaired) electrons. The van der Waals surface area contributed by atoms with Crippen LogP contribution in [0.4, 0.5) is 5.69 Å². The van der Waals surface area contributed by atoms with Crippen LogP contribution in [-0.4, -0.2) is 17.5 Å². The number of hydrogen-bond acceptors (Lipinski definition) is 2. The summed E-state index contributed by atoms with van der Waals surface area (Å²) in [5.74, 6) is 3.75. The Hall–Kier alpha value is -1.97. The first kappa shape index (κ1) is 13.7. The third kappa shape index (κ3) is 2.36. The number of hydrogen-bond donors (Lipinski definition) is 2. The molecule has 0 aliphatic heterocycles. The first-order chi connectivity index (χ1) is 10.7. The molecule has 1 amide bonds. The molecule has 22 heavy (non-hydrogen) atoms. The zero-order valence-electron chi connectivity index (χ0n) is 12.9. The maximum Gasteiger partial charge on any atom is 0.221 e. The van der Waals surface area contributed by atoms with Crippen molar-refractivity contribution in [2.24, 2.45) is 17.8 Å². The van der Waals surface area contributed by atoms with Crippen LogP contribution in [-0.2, 0) is 4.79 Å². The van der Waals surface area contributed by atoms with E-state index < -0.39 is 0 Å². The average molecular weight is 298 g/mol. The van der Waals surface area contributed by atoms with Crippen LogP contribution in [0.3, 0.4) is 0 Å². The fourth-order valence-corrected chi connectivity index (χ4v) is 4.02. The molecule has 0 saturated heterocycles. The van der Waals surface area contributed by atoms with Crippen LogP contribution in [0.5, 0.6) is 5.75 Å². The van der Waals surface area contributed by atoms with Crippen molar-refractivity contribution in [3.05, 3.63) is 24.4 Å². The normalized spacial score (nSPS) is 26.0. The number of benzene rings is 1. The van der Waals surface area contributed by atoms with Crippen molar-refractivity contribution in [1.29, 1.82) is 0 Å². The van der Waals surface area contributed by atoms with Crippen LogP contribution in [0.1, 0.15) is 32.6 Å². The summed E-state index contributed by atoms with van der Waals surface area (Å²) in [6, 6.07) is 5.99. The number of amides is 1. The van der Waals surface area contributed by atoms with Gasteiger partial charge in [-0.15, -0.1) is 0 Å². The van der Waals surface area contributed by atoms with Crippen molar-refractivity contribution in [2.45, 2.75) is 32.6 Å². The molecule has 0 bridgehead atoms. The van der Waals surface area contributed by atoms with Crippen LogP contribution in [0.25, 0.3) is 10.9 Å². The largest absolute Gasteiger partial charge is 0.494 e. The number of carbonyl (C=O) groups excluding carboxylic acids is 1. The molecule has 2 N–H and O–H groups in total. The number of rotatable bonds is 5. The van der Waals surface area contributed by atoms with E-state index in [0.717, 1.165) is 46.7 Å². The summed E-state index contributed by atoms with van der Waals surface area (Å²) in [7, 11) is 0. The Morgan fingerprint density at radius 3 is 3.00 bits per heavy atom. The lowest BCUT2D eigenvalue weighted by atomic mass is 9.52. The Bertz CT molecular complexity index is 706. The standard InChI is InChI=1S/C18H22N2O2/c1-11(21)20-18-10-19-17-5-3-14(9-16(17)18)22-7-6-13-8-12-2-4-15(12)13/h3,5,9-10,12-13,15,19H,2,4,6-8H2,1H3,(H,20,21). The predicted octanol–water partition coefficient (Wildman–Crippen LogP) is 3.94. The molecule has 1 aromatic carbocycles. The summed E-state index contributed by atoms with van der Waals surface area (Å²) in [5.41, 5.74) is 1.82. The highest BCUT2D eigenvalue weighted by Crippen LogP contribution is 2.55. The van der Waals surface area contributed by atoms with Crippen LogP contribution >= 0.6 is 0 Å². The minimum atomic E-state index is -0.0627. The van der Waals surface area contributed by atoms with E-state index >= 15 is 0 Å². The number of carbonyl (C=O) groups is 1. The van der Waals surface area contributed by atoms with Gasteiger partial charge >= 0.3 is 0 Å². The van der Waals surface area contributed by atoms with Crippen LogP contribution < -0.4 is 10.1 Å². The van der Waals surface area contributed by atoms with Crippen molar-refractivity contribution >= 4 is 22.5 Å². The Kier molecular flexibility index (Phi) is 3.32. The summed E-state index contributed by atoms with van der Waals surface area (Å²) in [6.07, 6.45) is 7.30. The number of aromatic nitrogens is 1. The van der Waals surface area contributed by atoms with Gasteiger partial charge in [0.15, 0.2) is 0 Å². The first-order valence-corrected chi connectivity index (χ1v) is 8.22. The number of ether oxygens (including phenoxy) is 1. The topological polar surface area (TPSA) is 54.1 Å². The second kappa shape index (κ2) is 5.34. The monoisotopic (exact) mass is 298 g/mol. The second-order valence-corrected chi connectivity index (χ2v) is 6.73. The molecule has 4 nitrogen and oxygen atoms in total. The van der Waals surface area contributed by atoms with Gasteiger partial charge in [0.1, 0.15) is 5.75 Å². The third-order valence-electron chi connectivity index (χ3n) is 5.41. The predicted molar refractivity (Wildman–Crippen MR) is 87.0 cm³/mol. The Labute approximate surface area is 130 Å². The molecular weight excluding hydrogens is 276 g/mol. The number of fused-ring (bicyclic) bond motifs is 2. The van der Waals surface area contributed by atoms with Gasteiger partial charge in [-0.2, -0.15) is 0 Å². The molecule has 2 aliphatic carbocycles. The molecule has 116 valence electrons. The summed E-state index contributed by atoms with van der Waals surface area (Å²) >= 11 is 0. The highest BCUT2D eigenvalue weighted by Gasteiger charge is 2.46. The first-order valence-electron chi connectivity index (χ1n) is 8.22. The minimum Gasteiger partial charge on any atom is -0.494 e. The van der Waals surface area contributed by atoms with Gasteiger partial charge in [0, 0.05) is 24.0 Å². The molecule has 2 saturated carbocycles. The molecular formula is C18H22N2O2. The lowest BCUT2D eigenvalue weighted by molar-refractivity contribution is -0.114. The fourth-order valence-electron chi connectivity index (χ4n) is 4.02. The number of nitrogens with one attached hydrogen (secondary N) is 2. The number of anilines is 1. The molecule has 2 aromatic rings. The van der Waals surface area contributed by atoms with E-state index in [9.17, 15) is 4.79 Å². The van der Waals surface area contributed by atoms with Crippen LogP contribution in [0, 0.1) is 17.8 Å². The van der Waals surface area contributed by atoms with Crippen LogP contribution in [0.15, 0.2) is 24.4 Å². The number of H-pyrrole nitrogens is 1. The van der Waals surface area contributed by atoms with Crippen molar-refractivity contribution in [2.75, 3.05) is 11.9 Å². The van der Waals surface area contributed by atoms with E-state index in [2.05, 4.69) is 10.3 Å². The lowest BCUT2D eigenvalue weighted by Gasteiger charge is -2.53. The quantitative estimate of drug-likeness (QED) is 0.878. The zero-order chi connectivity index (χ0) is 15.1. The van der Waals surface area contributed by atoms with Crippen molar-refractivity contribution in [3.8, 4) is 5.75 Å². The Balaban J connectivity index is 1.39. The molecule has 3 atom stereocenters. The molecule has 3 unspecified atom stereocenters. The van der Waals surface area contributed by atoms with Gasteiger partial charge in [0.05, 0.1) is 12.3 Å². The Morgan fingerprint density at radius 1 is 1.41 bits per heavy atom. The zero-order valence-corrected chi connectivity index (χ0v) is 12.9.